The molecule has 237 valence electrons. The molecule has 0 aliphatic heterocycles. The van der Waals surface area contributed by atoms with Crippen molar-refractivity contribution in [2.24, 2.45) is 32.5 Å². The summed E-state index contributed by atoms with van der Waals surface area (Å²) in [6, 6.07) is 0. The van der Waals surface area contributed by atoms with E-state index < -0.39 is 32.5 Å². The van der Waals surface area contributed by atoms with Gasteiger partial charge in [-0.15, -0.1) is 0 Å². The average molecular weight is 709 g/mol. The number of Topliss-reactive ketones (excluding diaryl/α,β-unsaturated/α-hetero) is 6. The van der Waals surface area contributed by atoms with Crippen molar-refractivity contribution in [1.29, 1.82) is 0 Å². The number of hydrogen-bond donors (Lipinski definition) is 0. The molecular weight excluding hydrogens is 648 g/mol. The summed E-state index contributed by atoms with van der Waals surface area (Å²) in [6.07, 6.45) is 0.187. The first kappa shape index (κ1) is 54.1. The van der Waals surface area contributed by atoms with Gasteiger partial charge >= 0.3 is 52.1 Å². The van der Waals surface area contributed by atoms with E-state index in [2.05, 4.69) is 0 Å². The molecule has 0 aliphatic rings. The van der Waals surface area contributed by atoms with Gasteiger partial charge in [-0.2, -0.15) is 0 Å². The normalized spacial score (nSPS) is 11.9. The Balaban J connectivity index is -0.000000112. The fourth-order valence-corrected chi connectivity index (χ4v) is 2.03. The maximum absolute atomic E-state index is 11.5. The summed E-state index contributed by atoms with van der Waals surface area (Å²) in [6.45, 7) is 33.1. The van der Waals surface area contributed by atoms with Crippen LogP contribution in [0.2, 0.25) is 0 Å². The van der Waals surface area contributed by atoms with Gasteiger partial charge in [0.05, 0.1) is 19.3 Å². The second kappa shape index (κ2) is 19.9. The Hall–Kier alpha value is -0.383. The minimum Gasteiger partial charge on any atom is -0.299 e. The van der Waals surface area contributed by atoms with E-state index in [9.17, 15) is 28.8 Å². The summed E-state index contributed by atoms with van der Waals surface area (Å²) < 4.78 is 0. The van der Waals surface area contributed by atoms with Crippen molar-refractivity contribution in [2.75, 3.05) is 0 Å². The third-order valence-corrected chi connectivity index (χ3v) is 5.98. The van der Waals surface area contributed by atoms with E-state index in [-0.39, 0.29) is 106 Å². The van der Waals surface area contributed by atoms with E-state index in [1.165, 1.54) is 0 Å². The van der Waals surface area contributed by atoms with Crippen LogP contribution in [0.3, 0.4) is 0 Å². The Morgan fingerprint density at radius 2 is 0.333 bits per heavy atom. The van der Waals surface area contributed by atoms with Crippen LogP contribution in [-0.2, 0) is 80.9 Å². The number of carbonyl (C=O) groups excluding carboxylic acids is 6. The fourth-order valence-electron chi connectivity index (χ4n) is 2.03. The van der Waals surface area contributed by atoms with Gasteiger partial charge in [0, 0.05) is 32.5 Å². The molecule has 6 nitrogen and oxygen atoms in total. The van der Waals surface area contributed by atoms with Crippen LogP contribution >= 0.6 is 0 Å². The summed E-state index contributed by atoms with van der Waals surface area (Å²) in [5.41, 5.74) is -2.41. The zero-order valence-corrected chi connectivity index (χ0v) is 33.6. The molecule has 0 rings (SSSR count). The minimum absolute atomic E-state index is 0. The molecule has 0 heterocycles. The van der Waals surface area contributed by atoms with E-state index >= 15 is 0 Å². The van der Waals surface area contributed by atoms with Crippen LogP contribution in [0, 0.1) is 32.5 Å². The quantitative estimate of drug-likeness (QED) is 0.261. The molecule has 0 aromatic rings. The van der Waals surface area contributed by atoms with Gasteiger partial charge in [0.2, 0.25) is 0 Å². The van der Waals surface area contributed by atoms with Crippen LogP contribution in [0.4, 0.5) is 0 Å². The van der Waals surface area contributed by atoms with Gasteiger partial charge in [0.1, 0.15) is 34.7 Å². The minimum atomic E-state index is -0.402. The van der Waals surface area contributed by atoms with E-state index in [4.69, 9.17) is 0 Å². The van der Waals surface area contributed by atoms with Crippen molar-refractivity contribution in [3.8, 4) is 0 Å². The first-order chi connectivity index (χ1) is 16.6. The first-order valence-corrected chi connectivity index (χ1v) is 13.8. The molecule has 0 aromatic heterocycles. The summed E-state index contributed by atoms with van der Waals surface area (Å²) in [5.74, 6) is 0.125. The number of rotatable bonds is 6. The summed E-state index contributed by atoms with van der Waals surface area (Å²) in [7, 11) is 0. The predicted molar refractivity (Wildman–Crippen MR) is 161 cm³/mol. The molecule has 0 aromatic carbocycles. The van der Waals surface area contributed by atoms with Crippen molar-refractivity contribution in [3.63, 3.8) is 0 Å². The van der Waals surface area contributed by atoms with E-state index in [0.29, 0.717) is 0 Å². The SMILES string of the molecule is CC(C)(C)C(=O)CC(=O)C(C)(C)C.CC(C)(C)C(=O)CC(=O)C(C)(C)C.CC(C)(C)C(=O)CC(=O)C(C)(C)C.[Cr+3].[Cr+3].[Cr+3]. The first-order valence-electron chi connectivity index (χ1n) is 13.8. The molecule has 0 saturated heterocycles. The molecule has 0 N–H and O–H groups in total. The summed E-state index contributed by atoms with van der Waals surface area (Å²) in [5, 5.41) is 0. The smallest absolute Gasteiger partial charge is 0.299 e. The Labute approximate surface area is 290 Å². The average Bonchev–Trinajstić information content (AvgIpc) is 2.64. The molecule has 0 atom stereocenters. The second-order valence-corrected chi connectivity index (χ2v) is 16.6. The van der Waals surface area contributed by atoms with Crippen LogP contribution in [-0.4, -0.2) is 34.7 Å². The van der Waals surface area contributed by atoms with Crippen molar-refractivity contribution in [2.45, 2.75) is 144 Å². The Morgan fingerprint density at radius 3 is 0.381 bits per heavy atom. The van der Waals surface area contributed by atoms with E-state index in [1.54, 1.807) is 0 Å². The van der Waals surface area contributed by atoms with Crippen LogP contribution in [0.1, 0.15) is 144 Å². The van der Waals surface area contributed by atoms with Crippen molar-refractivity contribution >= 4 is 34.7 Å². The molecule has 0 bridgehead atoms. The maximum atomic E-state index is 11.5. The molecule has 9 heteroatoms. The number of ketones is 6. The van der Waals surface area contributed by atoms with Gasteiger partial charge in [0.15, 0.2) is 0 Å². The Morgan fingerprint density at radius 1 is 0.262 bits per heavy atom. The zero-order chi connectivity index (χ0) is 32.6. The van der Waals surface area contributed by atoms with Gasteiger partial charge in [-0.1, -0.05) is 125 Å². The largest absolute Gasteiger partial charge is 3.00 e. The molecule has 0 amide bonds. The second-order valence-electron chi connectivity index (χ2n) is 16.6. The summed E-state index contributed by atoms with van der Waals surface area (Å²) in [4.78, 5) is 69.0. The molecule has 0 unspecified atom stereocenters. The van der Waals surface area contributed by atoms with Crippen molar-refractivity contribution in [1.82, 2.24) is 0 Å². The topological polar surface area (TPSA) is 102 Å². The predicted octanol–water partition coefficient (Wildman–Crippen LogP) is 7.81. The molecule has 0 spiro atoms. The van der Waals surface area contributed by atoms with Crippen LogP contribution in [0.15, 0.2) is 0 Å². The van der Waals surface area contributed by atoms with E-state index in [1.807, 2.05) is 125 Å². The number of carbonyl (C=O) groups is 6. The Bertz CT molecular complexity index is 702. The molecule has 0 fully saturated rings. The third kappa shape index (κ3) is 26.1. The van der Waals surface area contributed by atoms with Crippen LogP contribution in [0.5, 0.6) is 0 Å². The van der Waals surface area contributed by atoms with Crippen molar-refractivity contribution in [3.05, 3.63) is 0 Å². The molecule has 0 saturated carbocycles. The van der Waals surface area contributed by atoms with Gasteiger partial charge in [-0.25, -0.2) is 0 Å². The zero-order valence-electron chi connectivity index (χ0n) is 29.8. The third-order valence-electron chi connectivity index (χ3n) is 5.98. The maximum Gasteiger partial charge on any atom is 3.00 e. The summed E-state index contributed by atoms with van der Waals surface area (Å²) >= 11 is 0. The monoisotopic (exact) mass is 708 g/mol. The van der Waals surface area contributed by atoms with Crippen molar-refractivity contribution < 1.29 is 80.9 Å². The van der Waals surface area contributed by atoms with Gasteiger partial charge in [-0.05, 0) is 0 Å². The molecule has 3 radical (unpaired) electrons. The molecular formula is C33H60Cr3O6+9. The van der Waals surface area contributed by atoms with Gasteiger partial charge < -0.3 is 0 Å². The van der Waals surface area contributed by atoms with Crippen LogP contribution < -0.4 is 0 Å². The van der Waals surface area contributed by atoms with Gasteiger partial charge in [-0.3, -0.25) is 28.8 Å². The molecule has 0 aliphatic carbocycles. The fraction of sp³-hybridized carbons (Fsp3) is 0.818. The standard InChI is InChI=1S/3C11H20O2.3Cr/c3*1-10(2,3)8(12)7-9(13)11(4,5)6;;;/h3*7H2,1-6H3;;;/q;;;3*+3. The van der Waals surface area contributed by atoms with E-state index in [0.717, 1.165) is 0 Å². The molecule has 42 heavy (non-hydrogen) atoms. The number of hydrogen-bond acceptors (Lipinski definition) is 6. The van der Waals surface area contributed by atoms with Gasteiger partial charge in [0.25, 0.3) is 0 Å². The van der Waals surface area contributed by atoms with Crippen LogP contribution in [0.25, 0.3) is 0 Å². The Kier molecular flexibility index (Phi) is 25.6.